The summed E-state index contributed by atoms with van der Waals surface area (Å²) < 4.78 is 5.24. The van der Waals surface area contributed by atoms with Gasteiger partial charge in [0, 0.05) is 23.0 Å². The summed E-state index contributed by atoms with van der Waals surface area (Å²) in [6, 6.07) is 3.38. The summed E-state index contributed by atoms with van der Waals surface area (Å²) in [5.41, 5.74) is 13.3. The first-order chi connectivity index (χ1) is 6.15. The van der Waals surface area contributed by atoms with E-state index in [-0.39, 0.29) is 13.2 Å². The summed E-state index contributed by atoms with van der Waals surface area (Å²) in [5.74, 6) is 0.631. The molecule has 0 radical (unpaired) electrons. The lowest BCUT2D eigenvalue weighted by molar-refractivity contribution is 0.201. The van der Waals surface area contributed by atoms with E-state index < -0.39 is 0 Å². The first-order valence-corrected chi connectivity index (χ1v) is 4.04. The second-order valence-electron chi connectivity index (χ2n) is 2.81. The van der Waals surface area contributed by atoms with Gasteiger partial charge in [0.1, 0.15) is 12.4 Å². The summed E-state index contributed by atoms with van der Waals surface area (Å²) in [6.07, 6.45) is 0. The van der Waals surface area contributed by atoms with Gasteiger partial charge in [0.2, 0.25) is 0 Å². The molecule has 1 aromatic rings. The second kappa shape index (κ2) is 4.00. The van der Waals surface area contributed by atoms with Gasteiger partial charge in [-0.2, -0.15) is 0 Å². The van der Waals surface area contributed by atoms with Gasteiger partial charge in [-0.1, -0.05) is 0 Å². The van der Waals surface area contributed by atoms with E-state index >= 15 is 0 Å². The molecule has 0 amide bonds. The number of benzene rings is 1. The highest BCUT2D eigenvalue weighted by atomic mass is 16.5. The van der Waals surface area contributed by atoms with Crippen LogP contribution in [-0.4, -0.2) is 18.3 Å². The van der Waals surface area contributed by atoms with E-state index in [1.54, 1.807) is 12.1 Å². The van der Waals surface area contributed by atoms with Crippen molar-refractivity contribution in [1.82, 2.24) is 0 Å². The first-order valence-electron chi connectivity index (χ1n) is 4.04. The molecule has 5 N–H and O–H groups in total. The third kappa shape index (κ3) is 2.26. The van der Waals surface area contributed by atoms with E-state index in [1.807, 2.05) is 6.92 Å². The Kier molecular flexibility index (Phi) is 2.97. The summed E-state index contributed by atoms with van der Waals surface area (Å²) >= 11 is 0. The van der Waals surface area contributed by atoms with Crippen molar-refractivity contribution < 1.29 is 9.84 Å². The van der Waals surface area contributed by atoms with Crippen LogP contribution in [0.1, 0.15) is 5.56 Å². The Morgan fingerprint density at radius 1 is 1.38 bits per heavy atom. The summed E-state index contributed by atoms with van der Waals surface area (Å²) in [7, 11) is 0. The van der Waals surface area contributed by atoms with Crippen LogP contribution in [0.3, 0.4) is 0 Å². The van der Waals surface area contributed by atoms with E-state index in [9.17, 15) is 0 Å². The molecule has 4 nitrogen and oxygen atoms in total. The van der Waals surface area contributed by atoms with Crippen molar-refractivity contribution in [2.45, 2.75) is 6.92 Å². The molecule has 0 aromatic heterocycles. The van der Waals surface area contributed by atoms with Gasteiger partial charge in [-0.25, -0.2) is 0 Å². The quantitative estimate of drug-likeness (QED) is 0.595. The van der Waals surface area contributed by atoms with Crippen LogP contribution in [0.25, 0.3) is 0 Å². The summed E-state index contributed by atoms with van der Waals surface area (Å²) in [6.45, 7) is 2.08. The molecule has 0 atom stereocenters. The zero-order valence-electron chi connectivity index (χ0n) is 7.58. The van der Waals surface area contributed by atoms with E-state index in [2.05, 4.69) is 0 Å². The Morgan fingerprint density at radius 2 is 2.08 bits per heavy atom. The van der Waals surface area contributed by atoms with E-state index in [4.69, 9.17) is 21.3 Å². The third-order valence-corrected chi connectivity index (χ3v) is 1.77. The van der Waals surface area contributed by atoms with Crippen molar-refractivity contribution in [2.24, 2.45) is 0 Å². The number of aliphatic hydroxyl groups excluding tert-OH is 1. The maximum Gasteiger partial charge on any atom is 0.126 e. The van der Waals surface area contributed by atoms with Gasteiger partial charge in [0.25, 0.3) is 0 Å². The van der Waals surface area contributed by atoms with Crippen LogP contribution in [0.2, 0.25) is 0 Å². The van der Waals surface area contributed by atoms with Gasteiger partial charge in [0.15, 0.2) is 0 Å². The van der Waals surface area contributed by atoms with Crippen LogP contribution < -0.4 is 16.2 Å². The van der Waals surface area contributed by atoms with Crippen molar-refractivity contribution in [3.63, 3.8) is 0 Å². The minimum absolute atomic E-state index is 0.0197. The lowest BCUT2D eigenvalue weighted by Gasteiger charge is -2.10. The fourth-order valence-corrected chi connectivity index (χ4v) is 1.04. The first kappa shape index (κ1) is 9.67. The molecule has 0 heterocycles. The SMILES string of the molecule is Cc1c(N)cc(N)cc1OCCO. The van der Waals surface area contributed by atoms with Gasteiger partial charge < -0.3 is 21.3 Å². The molecule has 13 heavy (non-hydrogen) atoms. The van der Waals surface area contributed by atoms with Crippen molar-refractivity contribution in [1.29, 1.82) is 0 Å². The predicted octanol–water partition coefficient (Wildman–Crippen LogP) is 0.531. The molecule has 72 valence electrons. The highest BCUT2D eigenvalue weighted by molar-refractivity contribution is 5.62. The molecule has 0 aliphatic rings. The molecule has 0 spiro atoms. The molecule has 0 aliphatic carbocycles. The minimum Gasteiger partial charge on any atom is -0.491 e. The molecule has 4 heteroatoms. The van der Waals surface area contributed by atoms with Crippen LogP contribution >= 0.6 is 0 Å². The van der Waals surface area contributed by atoms with Crippen LogP contribution in [0.15, 0.2) is 12.1 Å². The molecule has 1 rings (SSSR count). The average Bonchev–Trinajstić information content (AvgIpc) is 2.09. The molecule has 0 saturated heterocycles. The average molecular weight is 182 g/mol. The maximum absolute atomic E-state index is 8.57. The number of nitrogens with two attached hydrogens (primary N) is 2. The zero-order chi connectivity index (χ0) is 9.84. The Hall–Kier alpha value is -1.42. The van der Waals surface area contributed by atoms with Gasteiger partial charge in [0.05, 0.1) is 6.61 Å². The molecule has 0 fully saturated rings. The predicted molar refractivity (Wildman–Crippen MR) is 52.6 cm³/mol. The zero-order valence-corrected chi connectivity index (χ0v) is 7.58. The largest absolute Gasteiger partial charge is 0.491 e. The van der Waals surface area contributed by atoms with Crippen molar-refractivity contribution in [3.05, 3.63) is 17.7 Å². The lowest BCUT2D eigenvalue weighted by atomic mass is 10.1. The number of nitrogen functional groups attached to an aromatic ring is 2. The minimum atomic E-state index is -0.0197. The van der Waals surface area contributed by atoms with Crippen molar-refractivity contribution >= 4 is 11.4 Å². The number of rotatable bonds is 3. The topological polar surface area (TPSA) is 81.5 Å². The van der Waals surface area contributed by atoms with Gasteiger partial charge >= 0.3 is 0 Å². The number of anilines is 2. The Balaban J connectivity index is 2.92. The lowest BCUT2D eigenvalue weighted by Crippen LogP contribution is -2.04. The number of hydrogen-bond donors (Lipinski definition) is 3. The Morgan fingerprint density at radius 3 is 2.69 bits per heavy atom. The molecule has 0 unspecified atom stereocenters. The van der Waals surface area contributed by atoms with Crippen LogP contribution in [0.4, 0.5) is 11.4 Å². The molecular formula is C9H14N2O2. The standard InChI is InChI=1S/C9H14N2O2/c1-6-8(11)4-7(10)5-9(6)13-3-2-12/h4-5,12H,2-3,10-11H2,1H3. The Bertz CT molecular complexity index is 300. The molecule has 0 saturated carbocycles. The molecule has 0 bridgehead atoms. The van der Waals surface area contributed by atoms with Gasteiger partial charge in [-0.05, 0) is 13.0 Å². The summed E-state index contributed by atoms with van der Waals surface area (Å²) in [5, 5.41) is 8.57. The molecular weight excluding hydrogens is 168 g/mol. The third-order valence-electron chi connectivity index (χ3n) is 1.77. The van der Waals surface area contributed by atoms with E-state index in [1.165, 1.54) is 0 Å². The van der Waals surface area contributed by atoms with E-state index in [0.717, 1.165) is 5.56 Å². The monoisotopic (exact) mass is 182 g/mol. The van der Waals surface area contributed by atoms with Crippen molar-refractivity contribution in [2.75, 3.05) is 24.7 Å². The number of aliphatic hydroxyl groups is 1. The Labute approximate surface area is 77.1 Å². The number of hydrogen-bond acceptors (Lipinski definition) is 4. The maximum atomic E-state index is 8.57. The van der Waals surface area contributed by atoms with Crippen molar-refractivity contribution in [3.8, 4) is 5.75 Å². The smallest absolute Gasteiger partial charge is 0.126 e. The fourth-order valence-electron chi connectivity index (χ4n) is 1.04. The highest BCUT2D eigenvalue weighted by Gasteiger charge is 2.03. The number of ether oxygens (including phenoxy) is 1. The van der Waals surface area contributed by atoms with Crippen LogP contribution in [0, 0.1) is 6.92 Å². The summed E-state index contributed by atoms with van der Waals surface area (Å²) in [4.78, 5) is 0. The van der Waals surface area contributed by atoms with Gasteiger partial charge in [-0.15, -0.1) is 0 Å². The second-order valence-corrected chi connectivity index (χ2v) is 2.81. The van der Waals surface area contributed by atoms with Crippen LogP contribution in [-0.2, 0) is 0 Å². The van der Waals surface area contributed by atoms with Gasteiger partial charge in [-0.3, -0.25) is 0 Å². The molecule has 0 aliphatic heterocycles. The van der Waals surface area contributed by atoms with Crippen LogP contribution in [0.5, 0.6) is 5.75 Å². The van der Waals surface area contributed by atoms with E-state index in [0.29, 0.717) is 17.1 Å². The molecule has 1 aromatic carbocycles. The highest BCUT2D eigenvalue weighted by Crippen LogP contribution is 2.26. The normalized spacial score (nSPS) is 10.0. The fraction of sp³-hybridized carbons (Fsp3) is 0.333.